The second-order valence-corrected chi connectivity index (χ2v) is 10.4. The van der Waals surface area contributed by atoms with Crippen LogP contribution in [0.25, 0.3) is 33.2 Å². The van der Waals surface area contributed by atoms with Gasteiger partial charge < -0.3 is 14.4 Å². The molecule has 182 valence electrons. The number of benzene rings is 3. The quantitative estimate of drug-likeness (QED) is 0.289. The van der Waals surface area contributed by atoms with Gasteiger partial charge in [-0.05, 0) is 42.0 Å². The molecular weight excluding hydrogens is 507 g/mol. The molecule has 0 radical (unpaired) electrons. The lowest BCUT2D eigenvalue weighted by Gasteiger charge is -2.16. The van der Waals surface area contributed by atoms with Crippen molar-refractivity contribution in [1.82, 2.24) is 10.1 Å². The van der Waals surface area contributed by atoms with Gasteiger partial charge in [-0.15, -0.1) is 0 Å². The molecule has 0 unspecified atom stereocenters. The zero-order chi connectivity index (χ0) is 25.4. The number of hydrogen-bond donors (Lipinski definition) is 1. The van der Waals surface area contributed by atoms with Crippen molar-refractivity contribution in [3.63, 3.8) is 0 Å². The van der Waals surface area contributed by atoms with Crippen molar-refractivity contribution in [3.05, 3.63) is 89.7 Å². The SMILES string of the molecule is COc1cc(-c2cccc(F)c2)c(Cl)cc1-c1c(O)cnc2cc(S(=O)(=O)Cc3ccon3)ccc12. The number of hydrogen-bond acceptors (Lipinski definition) is 7. The van der Waals surface area contributed by atoms with Gasteiger partial charge in [-0.1, -0.05) is 35.0 Å². The third kappa shape index (κ3) is 4.38. The molecule has 0 aliphatic carbocycles. The fourth-order valence-corrected chi connectivity index (χ4v) is 5.57. The number of halogens is 2. The number of aromatic hydroxyl groups is 1. The standard InChI is InChI=1S/C26H18ClFN2O5S/c1-34-25-12-20(15-3-2-4-16(28)9-15)22(27)11-21(25)26-19-6-5-18(10-23(19)29-13-24(26)31)36(32,33)14-17-7-8-35-30-17/h2-13,31H,14H2,1H3. The number of pyridine rings is 1. The molecule has 0 bridgehead atoms. The molecule has 5 aromatic rings. The molecule has 5 rings (SSSR count). The zero-order valence-corrected chi connectivity index (χ0v) is 20.3. The Kier molecular flexibility index (Phi) is 6.11. The topological polar surface area (TPSA) is 103 Å². The van der Waals surface area contributed by atoms with E-state index >= 15 is 0 Å². The van der Waals surface area contributed by atoms with Crippen LogP contribution in [0.15, 0.2) is 82.5 Å². The molecule has 3 aromatic carbocycles. The van der Waals surface area contributed by atoms with Gasteiger partial charge >= 0.3 is 0 Å². The summed E-state index contributed by atoms with van der Waals surface area (Å²) in [5, 5.41) is 15.2. The van der Waals surface area contributed by atoms with Gasteiger partial charge in [0.15, 0.2) is 9.84 Å². The molecule has 2 aromatic heterocycles. The highest BCUT2D eigenvalue weighted by molar-refractivity contribution is 7.90. The van der Waals surface area contributed by atoms with Crippen molar-refractivity contribution in [1.29, 1.82) is 0 Å². The zero-order valence-electron chi connectivity index (χ0n) is 18.8. The van der Waals surface area contributed by atoms with E-state index < -0.39 is 15.7 Å². The summed E-state index contributed by atoms with van der Waals surface area (Å²) in [6, 6.07) is 15.2. The lowest BCUT2D eigenvalue weighted by atomic mass is 9.96. The number of rotatable bonds is 6. The Morgan fingerprint density at radius 3 is 2.64 bits per heavy atom. The van der Waals surface area contributed by atoms with E-state index in [-0.39, 0.29) is 22.1 Å². The average molecular weight is 525 g/mol. The van der Waals surface area contributed by atoms with Gasteiger partial charge in [0.2, 0.25) is 0 Å². The van der Waals surface area contributed by atoms with Crippen molar-refractivity contribution in [3.8, 4) is 33.8 Å². The van der Waals surface area contributed by atoms with Gasteiger partial charge in [-0.2, -0.15) is 0 Å². The number of nitrogens with zero attached hydrogens (tertiary/aromatic N) is 2. The smallest absolute Gasteiger partial charge is 0.184 e. The minimum absolute atomic E-state index is 0.0496. The molecular formula is C26H18ClFN2O5S. The van der Waals surface area contributed by atoms with Gasteiger partial charge in [0.05, 0.1) is 29.4 Å². The van der Waals surface area contributed by atoms with E-state index in [4.69, 9.17) is 20.9 Å². The van der Waals surface area contributed by atoms with Gasteiger partial charge in [0.1, 0.15) is 29.3 Å². The van der Waals surface area contributed by atoms with Crippen LogP contribution >= 0.6 is 11.6 Å². The fourth-order valence-electron chi connectivity index (χ4n) is 4.02. The summed E-state index contributed by atoms with van der Waals surface area (Å²) in [5.74, 6) is -0.498. The highest BCUT2D eigenvalue weighted by Crippen LogP contribution is 2.44. The number of fused-ring (bicyclic) bond motifs is 1. The van der Waals surface area contributed by atoms with Crippen molar-refractivity contribution >= 4 is 32.3 Å². The summed E-state index contributed by atoms with van der Waals surface area (Å²) < 4.78 is 49.9. The molecule has 36 heavy (non-hydrogen) atoms. The first-order valence-corrected chi connectivity index (χ1v) is 12.7. The molecule has 0 aliphatic rings. The molecule has 0 atom stereocenters. The first kappa shape index (κ1) is 23.8. The van der Waals surface area contributed by atoms with E-state index in [0.717, 1.165) is 0 Å². The van der Waals surface area contributed by atoms with Crippen LogP contribution in [0.2, 0.25) is 5.02 Å². The first-order chi connectivity index (χ1) is 17.3. The number of sulfone groups is 1. The largest absolute Gasteiger partial charge is 0.506 e. The van der Waals surface area contributed by atoms with Crippen LogP contribution in [0, 0.1) is 5.82 Å². The Morgan fingerprint density at radius 2 is 1.92 bits per heavy atom. The van der Waals surface area contributed by atoms with E-state index in [1.807, 2.05) is 0 Å². The third-order valence-corrected chi connectivity index (χ3v) is 7.66. The summed E-state index contributed by atoms with van der Waals surface area (Å²) in [6.07, 6.45) is 2.54. The second kappa shape index (κ2) is 9.25. The second-order valence-electron chi connectivity index (χ2n) is 7.99. The van der Waals surface area contributed by atoms with Crippen molar-refractivity contribution < 1.29 is 27.2 Å². The molecule has 0 saturated carbocycles. The molecule has 0 amide bonds. The Labute approximate surface area is 210 Å². The van der Waals surface area contributed by atoms with Crippen LogP contribution in [0.3, 0.4) is 0 Å². The summed E-state index contributed by atoms with van der Waals surface area (Å²) in [4.78, 5) is 4.28. The normalized spacial score (nSPS) is 11.6. The van der Waals surface area contributed by atoms with Crippen LogP contribution in [-0.2, 0) is 15.6 Å². The summed E-state index contributed by atoms with van der Waals surface area (Å²) in [7, 11) is -2.25. The number of ether oxygens (including phenoxy) is 1. The predicted octanol–water partition coefficient (Wildman–Crippen LogP) is 6.04. The van der Waals surface area contributed by atoms with E-state index in [1.165, 1.54) is 49.9 Å². The lowest BCUT2D eigenvalue weighted by Crippen LogP contribution is -2.05. The van der Waals surface area contributed by atoms with Crippen molar-refractivity contribution in [2.24, 2.45) is 0 Å². The van der Waals surface area contributed by atoms with Crippen LogP contribution in [0.5, 0.6) is 11.5 Å². The van der Waals surface area contributed by atoms with Crippen LogP contribution in [0.4, 0.5) is 4.39 Å². The summed E-state index contributed by atoms with van der Waals surface area (Å²) >= 11 is 6.58. The van der Waals surface area contributed by atoms with Crippen molar-refractivity contribution in [2.45, 2.75) is 10.6 Å². The lowest BCUT2D eigenvalue weighted by molar-refractivity contribution is 0.413. The maximum Gasteiger partial charge on any atom is 0.184 e. The Hall–Kier alpha value is -3.95. The van der Waals surface area contributed by atoms with Gasteiger partial charge in [0.25, 0.3) is 0 Å². The van der Waals surface area contributed by atoms with Crippen LogP contribution in [0.1, 0.15) is 5.69 Å². The molecule has 10 heteroatoms. The van der Waals surface area contributed by atoms with E-state index in [0.29, 0.717) is 43.9 Å². The summed E-state index contributed by atoms with van der Waals surface area (Å²) in [6.45, 7) is 0. The highest BCUT2D eigenvalue weighted by atomic mass is 35.5. The number of aromatic nitrogens is 2. The third-order valence-electron chi connectivity index (χ3n) is 5.70. The molecule has 0 spiro atoms. The van der Waals surface area contributed by atoms with Gasteiger partial charge in [0, 0.05) is 33.2 Å². The Bertz CT molecular complexity index is 1710. The molecule has 1 N–H and O–H groups in total. The maximum atomic E-state index is 13.8. The van der Waals surface area contributed by atoms with Crippen molar-refractivity contribution in [2.75, 3.05) is 7.11 Å². The van der Waals surface area contributed by atoms with Crippen LogP contribution in [-0.4, -0.2) is 30.8 Å². The van der Waals surface area contributed by atoms with E-state index in [2.05, 4.69) is 10.1 Å². The minimum atomic E-state index is -3.72. The fraction of sp³-hybridized carbons (Fsp3) is 0.0769. The van der Waals surface area contributed by atoms with Gasteiger partial charge in [-0.3, -0.25) is 4.98 Å². The van der Waals surface area contributed by atoms with E-state index in [1.54, 1.807) is 30.3 Å². The predicted molar refractivity (Wildman–Crippen MR) is 133 cm³/mol. The number of methoxy groups -OCH3 is 1. The van der Waals surface area contributed by atoms with E-state index in [9.17, 15) is 17.9 Å². The Morgan fingerprint density at radius 1 is 1.08 bits per heavy atom. The Balaban J connectivity index is 1.64. The maximum absolute atomic E-state index is 13.8. The minimum Gasteiger partial charge on any atom is -0.506 e. The molecule has 2 heterocycles. The van der Waals surface area contributed by atoms with Crippen LogP contribution < -0.4 is 4.74 Å². The first-order valence-electron chi connectivity index (χ1n) is 10.6. The highest BCUT2D eigenvalue weighted by Gasteiger charge is 2.22. The molecule has 7 nitrogen and oxygen atoms in total. The van der Waals surface area contributed by atoms with Gasteiger partial charge in [-0.25, -0.2) is 12.8 Å². The average Bonchev–Trinajstić information content (AvgIpc) is 3.36. The molecule has 0 fully saturated rings. The molecule has 0 aliphatic heterocycles. The molecule has 0 saturated heterocycles. The monoisotopic (exact) mass is 524 g/mol. The summed E-state index contributed by atoms with van der Waals surface area (Å²) in [5.41, 5.74) is 2.57.